The maximum Gasteiger partial charge on any atom is 0.234 e. The lowest BCUT2D eigenvalue weighted by atomic mass is 9.87. The lowest BCUT2D eigenvalue weighted by Gasteiger charge is -2.32. The van der Waals surface area contributed by atoms with Crippen LogP contribution in [0.4, 0.5) is 0 Å². The topological polar surface area (TPSA) is 48.1 Å². The maximum absolute atomic E-state index is 12.7. The van der Waals surface area contributed by atoms with Crippen LogP contribution < -0.4 is 5.32 Å². The normalized spacial score (nSPS) is 20.5. The van der Waals surface area contributed by atoms with Gasteiger partial charge < -0.3 is 10.3 Å². The van der Waals surface area contributed by atoms with Gasteiger partial charge in [-0.2, -0.15) is 0 Å². The Morgan fingerprint density at radius 2 is 1.79 bits per heavy atom. The quantitative estimate of drug-likeness (QED) is 0.690. The van der Waals surface area contributed by atoms with Gasteiger partial charge in [-0.3, -0.25) is 9.69 Å². The zero-order valence-corrected chi connectivity index (χ0v) is 16.9. The molecule has 1 aliphatic heterocycles. The highest BCUT2D eigenvalue weighted by Crippen LogP contribution is 2.33. The fourth-order valence-electron chi connectivity index (χ4n) is 5.18. The average Bonchev–Trinajstić information content (AvgIpc) is 3.19. The number of hydrogen-bond acceptors (Lipinski definition) is 2. The molecule has 0 spiro atoms. The summed E-state index contributed by atoms with van der Waals surface area (Å²) in [6.07, 6.45) is 7.73. The van der Waals surface area contributed by atoms with Crippen molar-refractivity contribution in [3.63, 3.8) is 0 Å². The molecule has 1 aliphatic carbocycles. The molecule has 0 saturated carbocycles. The van der Waals surface area contributed by atoms with E-state index in [-0.39, 0.29) is 11.9 Å². The van der Waals surface area contributed by atoms with Crippen molar-refractivity contribution < 1.29 is 4.79 Å². The van der Waals surface area contributed by atoms with Gasteiger partial charge in [-0.15, -0.1) is 0 Å². The zero-order valence-electron chi connectivity index (χ0n) is 16.9. The van der Waals surface area contributed by atoms with Gasteiger partial charge in [0.25, 0.3) is 0 Å². The summed E-state index contributed by atoms with van der Waals surface area (Å²) in [5.74, 6) is 0.743. The third-order valence-electron chi connectivity index (χ3n) is 6.72. The minimum absolute atomic E-state index is 0.164. The Kier molecular flexibility index (Phi) is 5.11. The largest absolute Gasteiger partial charge is 0.361 e. The molecule has 0 radical (unpaired) electrons. The highest BCUT2D eigenvalue weighted by molar-refractivity contribution is 5.83. The summed E-state index contributed by atoms with van der Waals surface area (Å²) in [5.41, 5.74) is 5.36. The van der Waals surface area contributed by atoms with E-state index in [9.17, 15) is 4.79 Å². The molecule has 3 aromatic rings. The third kappa shape index (κ3) is 3.82. The second-order valence-corrected chi connectivity index (χ2v) is 8.55. The van der Waals surface area contributed by atoms with Crippen molar-refractivity contribution in [2.75, 3.05) is 19.6 Å². The number of benzene rings is 2. The van der Waals surface area contributed by atoms with Crippen molar-refractivity contribution in [3.8, 4) is 0 Å². The van der Waals surface area contributed by atoms with E-state index < -0.39 is 0 Å². The Bertz CT molecular complexity index is 1000. The molecule has 2 aliphatic rings. The molecule has 150 valence electrons. The molecular formula is C25H29N3O. The minimum Gasteiger partial charge on any atom is -0.361 e. The van der Waals surface area contributed by atoms with Gasteiger partial charge in [0.15, 0.2) is 0 Å². The molecular weight excluding hydrogens is 358 g/mol. The molecule has 4 nitrogen and oxygen atoms in total. The van der Waals surface area contributed by atoms with E-state index >= 15 is 0 Å². The van der Waals surface area contributed by atoms with Crippen molar-refractivity contribution in [3.05, 3.63) is 71.4 Å². The first-order chi connectivity index (χ1) is 14.3. The predicted octanol–water partition coefficient (Wildman–Crippen LogP) is 4.54. The van der Waals surface area contributed by atoms with Crippen molar-refractivity contribution in [2.45, 2.75) is 44.1 Å². The lowest BCUT2D eigenvalue weighted by molar-refractivity contribution is -0.123. The Morgan fingerprint density at radius 3 is 2.69 bits per heavy atom. The van der Waals surface area contributed by atoms with Crippen LogP contribution >= 0.6 is 0 Å². The number of hydrogen-bond donors (Lipinski definition) is 2. The van der Waals surface area contributed by atoms with Crippen LogP contribution in [0.3, 0.4) is 0 Å². The van der Waals surface area contributed by atoms with E-state index in [1.165, 1.54) is 27.6 Å². The summed E-state index contributed by atoms with van der Waals surface area (Å²) in [5, 5.41) is 4.65. The van der Waals surface area contributed by atoms with Crippen LogP contribution in [-0.4, -0.2) is 35.4 Å². The smallest absolute Gasteiger partial charge is 0.234 e. The van der Waals surface area contributed by atoms with E-state index in [4.69, 9.17) is 0 Å². The van der Waals surface area contributed by atoms with E-state index in [1.54, 1.807) is 0 Å². The molecule has 1 atom stereocenters. The number of aromatic nitrogens is 1. The number of aromatic amines is 1. The number of likely N-dealkylation sites (tertiary alicyclic amines) is 1. The number of carbonyl (C=O) groups is 1. The monoisotopic (exact) mass is 387 g/mol. The number of fused-ring (bicyclic) bond motifs is 2. The molecule has 1 amide bonds. The lowest BCUT2D eigenvalue weighted by Crippen LogP contribution is -2.42. The number of amides is 1. The van der Waals surface area contributed by atoms with E-state index in [2.05, 4.69) is 69.9 Å². The molecule has 2 N–H and O–H groups in total. The molecule has 29 heavy (non-hydrogen) atoms. The Morgan fingerprint density at radius 1 is 1.00 bits per heavy atom. The first-order valence-electron chi connectivity index (χ1n) is 10.9. The summed E-state index contributed by atoms with van der Waals surface area (Å²) in [6, 6.07) is 17.3. The second kappa shape index (κ2) is 8.03. The number of nitrogens with one attached hydrogen (secondary N) is 2. The van der Waals surface area contributed by atoms with Crippen LogP contribution in [0.2, 0.25) is 0 Å². The van der Waals surface area contributed by atoms with Crippen LogP contribution in [0, 0.1) is 0 Å². The molecule has 4 heteroatoms. The van der Waals surface area contributed by atoms with Gasteiger partial charge in [-0.1, -0.05) is 42.5 Å². The number of carbonyl (C=O) groups excluding carboxylic acids is 1. The van der Waals surface area contributed by atoms with E-state index in [0.29, 0.717) is 12.5 Å². The fraction of sp³-hybridized carbons (Fsp3) is 0.400. The average molecular weight is 388 g/mol. The number of H-pyrrole nitrogens is 1. The van der Waals surface area contributed by atoms with E-state index in [0.717, 1.165) is 45.2 Å². The molecule has 1 aromatic heterocycles. The molecule has 1 saturated heterocycles. The molecule has 2 heterocycles. The highest BCUT2D eigenvalue weighted by Gasteiger charge is 2.26. The van der Waals surface area contributed by atoms with E-state index in [1.807, 2.05) is 0 Å². The summed E-state index contributed by atoms with van der Waals surface area (Å²) in [6.45, 7) is 2.48. The first-order valence-corrected chi connectivity index (χ1v) is 10.9. The Balaban J connectivity index is 1.17. The van der Waals surface area contributed by atoms with Gasteiger partial charge in [0.05, 0.1) is 12.6 Å². The van der Waals surface area contributed by atoms with Crippen LogP contribution in [0.15, 0.2) is 54.7 Å². The SMILES string of the molecule is O=C(CN1CCC(c2c[nH]c3ccccc23)CC1)N[C@H]1CCCc2ccccc21. The summed E-state index contributed by atoms with van der Waals surface area (Å²) in [7, 11) is 0. The Labute approximate surface area is 172 Å². The van der Waals surface area contributed by atoms with Crippen LogP contribution in [0.5, 0.6) is 0 Å². The van der Waals surface area contributed by atoms with Gasteiger partial charge in [0.1, 0.15) is 0 Å². The highest BCUT2D eigenvalue weighted by atomic mass is 16.2. The van der Waals surface area contributed by atoms with Crippen molar-refractivity contribution >= 4 is 16.8 Å². The number of rotatable bonds is 4. The second-order valence-electron chi connectivity index (χ2n) is 8.55. The van der Waals surface area contributed by atoms with Crippen LogP contribution in [0.25, 0.3) is 10.9 Å². The fourth-order valence-corrected chi connectivity index (χ4v) is 5.18. The van der Waals surface area contributed by atoms with Gasteiger partial charge >= 0.3 is 0 Å². The number of nitrogens with zero attached hydrogens (tertiary/aromatic N) is 1. The third-order valence-corrected chi connectivity index (χ3v) is 6.72. The summed E-state index contributed by atoms with van der Waals surface area (Å²) in [4.78, 5) is 18.4. The maximum atomic E-state index is 12.7. The van der Waals surface area contributed by atoms with Crippen LogP contribution in [0.1, 0.15) is 54.3 Å². The van der Waals surface area contributed by atoms with Gasteiger partial charge in [-0.25, -0.2) is 0 Å². The van der Waals surface area contributed by atoms with Gasteiger partial charge in [-0.05, 0) is 73.9 Å². The molecule has 2 aromatic carbocycles. The van der Waals surface area contributed by atoms with Crippen molar-refractivity contribution in [1.29, 1.82) is 0 Å². The molecule has 0 bridgehead atoms. The molecule has 0 unspecified atom stereocenters. The summed E-state index contributed by atoms with van der Waals surface area (Å²) < 4.78 is 0. The zero-order chi connectivity index (χ0) is 19.6. The minimum atomic E-state index is 0.164. The Hall–Kier alpha value is -2.59. The summed E-state index contributed by atoms with van der Waals surface area (Å²) >= 11 is 0. The predicted molar refractivity (Wildman–Crippen MR) is 117 cm³/mol. The van der Waals surface area contributed by atoms with Crippen LogP contribution in [-0.2, 0) is 11.2 Å². The number of aryl methyl sites for hydroxylation is 1. The van der Waals surface area contributed by atoms with Gasteiger partial charge in [0.2, 0.25) is 5.91 Å². The van der Waals surface area contributed by atoms with Crippen molar-refractivity contribution in [2.24, 2.45) is 0 Å². The first kappa shape index (κ1) is 18.4. The molecule has 1 fully saturated rings. The molecule has 5 rings (SSSR count). The standard InChI is InChI=1S/C25H29N3O/c29-25(27-24-11-5-7-18-6-1-2-8-20(18)24)17-28-14-12-19(13-15-28)22-16-26-23-10-4-3-9-21(22)23/h1-4,6,8-10,16,19,24,26H,5,7,11-15,17H2,(H,27,29)/t24-/m0/s1. The number of piperidine rings is 1. The number of para-hydroxylation sites is 1. The van der Waals surface area contributed by atoms with Gasteiger partial charge in [0, 0.05) is 17.1 Å². The van der Waals surface area contributed by atoms with Crippen molar-refractivity contribution in [1.82, 2.24) is 15.2 Å².